The maximum absolute atomic E-state index is 12.9. The molecular weight excluding hydrogens is 341 g/mol. The van der Waals surface area contributed by atoms with Crippen LogP contribution < -0.4 is 5.32 Å². The Kier molecular flexibility index (Phi) is 5.81. The Morgan fingerprint density at radius 3 is 2.62 bits per heavy atom. The highest BCUT2D eigenvalue weighted by atomic mass is 35.5. The lowest BCUT2D eigenvalue weighted by Crippen LogP contribution is -2.54. The third-order valence-electron chi connectivity index (χ3n) is 4.92. The number of benzene rings is 1. The van der Waals surface area contributed by atoms with Crippen LogP contribution in [0.2, 0.25) is 0 Å². The molecule has 0 saturated carbocycles. The molecule has 0 aromatic heterocycles. The summed E-state index contributed by atoms with van der Waals surface area (Å²) in [6, 6.07) is 5.27. The molecule has 0 bridgehead atoms. The maximum Gasteiger partial charge on any atom is 0.416 e. The molecule has 24 heavy (non-hydrogen) atoms. The SMILES string of the molecule is Cl.O=C1N(Cc2cccc(C(F)(F)F)c2)CCCC12CCCNC2. The van der Waals surface area contributed by atoms with Gasteiger partial charge in [-0.15, -0.1) is 12.4 Å². The molecule has 1 aromatic carbocycles. The van der Waals surface area contributed by atoms with Crippen molar-refractivity contribution in [2.24, 2.45) is 5.41 Å². The number of likely N-dealkylation sites (tertiary alicyclic amines) is 1. The van der Waals surface area contributed by atoms with Crippen LogP contribution in [0.3, 0.4) is 0 Å². The fourth-order valence-electron chi connectivity index (χ4n) is 3.73. The van der Waals surface area contributed by atoms with Crippen molar-refractivity contribution < 1.29 is 18.0 Å². The number of alkyl halides is 3. The lowest BCUT2D eigenvalue weighted by atomic mass is 9.73. The summed E-state index contributed by atoms with van der Waals surface area (Å²) in [5, 5.41) is 3.29. The summed E-state index contributed by atoms with van der Waals surface area (Å²) in [6.45, 7) is 2.49. The first-order chi connectivity index (χ1) is 10.9. The molecule has 1 amide bonds. The molecule has 2 saturated heterocycles. The first-order valence-electron chi connectivity index (χ1n) is 8.07. The van der Waals surface area contributed by atoms with Crippen LogP contribution in [0.25, 0.3) is 0 Å². The molecule has 1 spiro atoms. The monoisotopic (exact) mass is 362 g/mol. The number of hydrogen-bond donors (Lipinski definition) is 1. The van der Waals surface area contributed by atoms with E-state index in [2.05, 4.69) is 5.32 Å². The fourth-order valence-corrected chi connectivity index (χ4v) is 3.73. The lowest BCUT2D eigenvalue weighted by Gasteiger charge is -2.44. The molecule has 0 radical (unpaired) electrons. The van der Waals surface area contributed by atoms with Gasteiger partial charge < -0.3 is 10.2 Å². The van der Waals surface area contributed by atoms with Crippen LogP contribution in [0.4, 0.5) is 13.2 Å². The summed E-state index contributed by atoms with van der Waals surface area (Å²) in [4.78, 5) is 14.6. The number of amides is 1. The Labute approximate surface area is 146 Å². The molecular formula is C17H22ClF3N2O. The van der Waals surface area contributed by atoms with E-state index in [0.717, 1.165) is 44.4 Å². The van der Waals surface area contributed by atoms with Gasteiger partial charge in [0.15, 0.2) is 0 Å². The molecule has 2 heterocycles. The minimum absolute atomic E-state index is 0. The van der Waals surface area contributed by atoms with E-state index in [4.69, 9.17) is 0 Å². The Bertz CT molecular complexity index is 580. The predicted octanol–water partition coefficient (Wildman–Crippen LogP) is 3.62. The van der Waals surface area contributed by atoms with Gasteiger partial charge in [-0.1, -0.05) is 12.1 Å². The molecule has 3 rings (SSSR count). The number of hydrogen-bond acceptors (Lipinski definition) is 2. The van der Waals surface area contributed by atoms with Crippen molar-refractivity contribution >= 4 is 18.3 Å². The number of rotatable bonds is 2. The molecule has 0 aliphatic carbocycles. The molecule has 3 nitrogen and oxygen atoms in total. The first-order valence-corrected chi connectivity index (χ1v) is 8.07. The van der Waals surface area contributed by atoms with Crippen LogP contribution in [-0.4, -0.2) is 30.4 Å². The van der Waals surface area contributed by atoms with Crippen molar-refractivity contribution in [3.05, 3.63) is 35.4 Å². The van der Waals surface area contributed by atoms with Crippen molar-refractivity contribution in [2.45, 2.75) is 38.4 Å². The first kappa shape index (κ1) is 19.1. The van der Waals surface area contributed by atoms with Crippen LogP contribution in [0, 0.1) is 5.41 Å². The van der Waals surface area contributed by atoms with Crippen LogP contribution in [0.1, 0.15) is 36.8 Å². The summed E-state index contributed by atoms with van der Waals surface area (Å²) in [5.41, 5.74) is -0.472. The van der Waals surface area contributed by atoms with Crippen molar-refractivity contribution in [1.29, 1.82) is 0 Å². The van der Waals surface area contributed by atoms with Crippen molar-refractivity contribution in [1.82, 2.24) is 10.2 Å². The van der Waals surface area contributed by atoms with Gasteiger partial charge in [-0.05, 0) is 49.9 Å². The average Bonchev–Trinajstić information content (AvgIpc) is 2.53. The minimum Gasteiger partial charge on any atom is -0.338 e. The maximum atomic E-state index is 12.9. The van der Waals surface area contributed by atoms with Crippen molar-refractivity contribution in [2.75, 3.05) is 19.6 Å². The second kappa shape index (κ2) is 7.31. The van der Waals surface area contributed by atoms with Gasteiger partial charge in [0.2, 0.25) is 5.91 Å². The van der Waals surface area contributed by atoms with E-state index in [9.17, 15) is 18.0 Å². The molecule has 134 valence electrons. The summed E-state index contributed by atoms with van der Waals surface area (Å²) < 4.78 is 38.5. The highest BCUT2D eigenvalue weighted by Gasteiger charge is 2.44. The molecule has 2 aliphatic heterocycles. The zero-order valence-corrected chi connectivity index (χ0v) is 14.2. The highest BCUT2D eigenvalue weighted by Crippen LogP contribution is 2.38. The highest BCUT2D eigenvalue weighted by molar-refractivity contribution is 5.85. The van der Waals surface area contributed by atoms with Gasteiger partial charge in [-0.25, -0.2) is 0 Å². The zero-order valence-electron chi connectivity index (χ0n) is 13.4. The largest absolute Gasteiger partial charge is 0.416 e. The second-order valence-electron chi connectivity index (χ2n) is 6.59. The Balaban J connectivity index is 0.00000208. The van der Waals surface area contributed by atoms with E-state index in [1.54, 1.807) is 11.0 Å². The minimum atomic E-state index is -4.35. The van der Waals surface area contributed by atoms with Gasteiger partial charge in [0.1, 0.15) is 0 Å². The topological polar surface area (TPSA) is 32.3 Å². The Morgan fingerprint density at radius 1 is 1.21 bits per heavy atom. The average molecular weight is 363 g/mol. The summed E-state index contributed by atoms with van der Waals surface area (Å²) in [6.07, 6.45) is -0.720. The van der Waals surface area contributed by atoms with E-state index in [-0.39, 0.29) is 30.3 Å². The number of nitrogens with zero attached hydrogens (tertiary/aromatic N) is 1. The Morgan fingerprint density at radius 2 is 1.96 bits per heavy atom. The smallest absolute Gasteiger partial charge is 0.338 e. The number of nitrogens with one attached hydrogen (secondary N) is 1. The van der Waals surface area contributed by atoms with Gasteiger partial charge in [0.05, 0.1) is 11.0 Å². The van der Waals surface area contributed by atoms with Crippen LogP contribution in [0.15, 0.2) is 24.3 Å². The predicted molar refractivity (Wildman–Crippen MR) is 87.9 cm³/mol. The number of carbonyl (C=O) groups excluding carboxylic acids is 1. The van der Waals surface area contributed by atoms with E-state index in [1.807, 2.05) is 0 Å². The van der Waals surface area contributed by atoms with Crippen molar-refractivity contribution in [3.8, 4) is 0 Å². The van der Waals surface area contributed by atoms with Crippen LogP contribution >= 0.6 is 12.4 Å². The quantitative estimate of drug-likeness (QED) is 0.871. The summed E-state index contributed by atoms with van der Waals surface area (Å²) in [5.74, 6) is 0.0911. The van der Waals surface area contributed by atoms with Gasteiger partial charge in [-0.2, -0.15) is 13.2 Å². The summed E-state index contributed by atoms with van der Waals surface area (Å²) in [7, 11) is 0. The standard InChI is InChI=1S/C17H21F3N2O.ClH/c18-17(19,20)14-5-1-4-13(10-14)11-22-9-3-7-16(15(22)23)6-2-8-21-12-16;/h1,4-5,10,21H,2-3,6-9,11-12H2;1H. The molecule has 1 aromatic rings. The van der Waals surface area contributed by atoms with E-state index in [0.29, 0.717) is 18.7 Å². The van der Waals surface area contributed by atoms with Gasteiger partial charge in [-0.3, -0.25) is 4.79 Å². The Hall–Kier alpha value is -1.27. The van der Waals surface area contributed by atoms with E-state index < -0.39 is 11.7 Å². The third-order valence-corrected chi connectivity index (χ3v) is 4.92. The van der Waals surface area contributed by atoms with E-state index >= 15 is 0 Å². The molecule has 1 N–H and O–H groups in total. The third kappa shape index (κ3) is 3.86. The van der Waals surface area contributed by atoms with Crippen LogP contribution in [0.5, 0.6) is 0 Å². The van der Waals surface area contributed by atoms with Crippen molar-refractivity contribution in [3.63, 3.8) is 0 Å². The lowest BCUT2D eigenvalue weighted by molar-refractivity contribution is -0.148. The molecule has 7 heteroatoms. The number of halogens is 4. The molecule has 2 fully saturated rings. The van der Waals surface area contributed by atoms with E-state index in [1.165, 1.54) is 6.07 Å². The van der Waals surface area contributed by atoms with Gasteiger partial charge in [0, 0.05) is 19.6 Å². The fraction of sp³-hybridized carbons (Fsp3) is 0.588. The molecule has 1 atom stereocenters. The van der Waals surface area contributed by atoms with Crippen LogP contribution in [-0.2, 0) is 17.5 Å². The normalized spacial score (nSPS) is 24.8. The summed E-state index contributed by atoms with van der Waals surface area (Å²) >= 11 is 0. The van der Waals surface area contributed by atoms with Gasteiger partial charge >= 0.3 is 6.18 Å². The number of piperidine rings is 2. The number of carbonyl (C=O) groups is 1. The molecule has 2 aliphatic rings. The molecule has 1 unspecified atom stereocenters. The second-order valence-corrected chi connectivity index (χ2v) is 6.59. The van der Waals surface area contributed by atoms with Gasteiger partial charge in [0.25, 0.3) is 0 Å². The zero-order chi connectivity index (χ0) is 16.5.